The molecule has 3 nitrogen and oxygen atoms in total. The molecule has 1 atom stereocenters. The summed E-state index contributed by atoms with van der Waals surface area (Å²) in [6.45, 7) is 2.30. The Balaban J connectivity index is 2.20. The number of amidine groups is 1. The predicted molar refractivity (Wildman–Crippen MR) is 78.5 cm³/mol. The van der Waals surface area contributed by atoms with Crippen molar-refractivity contribution in [2.75, 3.05) is 6.61 Å². The Bertz CT molecular complexity index is 552. The third kappa shape index (κ3) is 3.35. The van der Waals surface area contributed by atoms with E-state index < -0.39 is 0 Å². The number of hydrogen-bond donors (Lipinski definition) is 2. The van der Waals surface area contributed by atoms with Gasteiger partial charge in [0.25, 0.3) is 0 Å². The highest BCUT2D eigenvalue weighted by molar-refractivity contribution is 5.79. The first-order chi connectivity index (χ1) is 9.18. The Kier molecular flexibility index (Phi) is 4.18. The lowest BCUT2D eigenvalue weighted by molar-refractivity contribution is 0.293. The molecule has 2 aromatic carbocycles. The van der Waals surface area contributed by atoms with E-state index in [1.54, 1.807) is 0 Å². The SMILES string of the molecule is CC(COc1ccccc1-c1ccccc1)C(=N)N. The van der Waals surface area contributed by atoms with E-state index in [0.29, 0.717) is 6.61 Å². The highest BCUT2D eigenvalue weighted by Gasteiger charge is 2.09. The first-order valence-corrected chi connectivity index (χ1v) is 6.29. The number of nitrogens with two attached hydrogens (primary N) is 1. The van der Waals surface area contributed by atoms with Crippen LogP contribution < -0.4 is 10.5 Å². The molecule has 3 heteroatoms. The highest BCUT2D eigenvalue weighted by atomic mass is 16.5. The third-order valence-electron chi connectivity index (χ3n) is 2.99. The van der Waals surface area contributed by atoms with Crippen LogP contribution in [0.3, 0.4) is 0 Å². The van der Waals surface area contributed by atoms with Gasteiger partial charge in [0.15, 0.2) is 0 Å². The van der Waals surface area contributed by atoms with E-state index in [1.165, 1.54) is 0 Å². The molecule has 1 unspecified atom stereocenters. The summed E-state index contributed by atoms with van der Waals surface area (Å²) in [4.78, 5) is 0. The van der Waals surface area contributed by atoms with Crippen molar-refractivity contribution in [2.45, 2.75) is 6.92 Å². The Labute approximate surface area is 113 Å². The van der Waals surface area contributed by atoms with Crippen molar-refractivity contribution in [1.29, 1.82) is 5.41 Å². The Morgan fingerprint density at radius 2 is 1.74 bits per heavy atom. The molecule has 0 aliphatic heterocycles. The second-order valence-electron chi connectivity index (χ2n) is 4.53. The second-order valence-corrected chi connectivity index (χ2v) is 4.53. The fraction of sp³-hybridized carbons (Fsp3) is 0.188. The molecule has 0 fully saturated rings. The number of ether oxygens (including phenoxy) is 1. The molecule has 0 aromatic heterocycles. The van der Waals surface area contributed by atoms with Gasteiger partial charge in [-0.15, -0.1) is 0 Å². The molecule has 0 amide bonds. The number of rotatable bonds is 5. The summed E-state index contributed by atoms with van der Waals surface area (Å²) < 4.78 is 5.79. The van der Waals surface area contributed by atoms with E-state index in [-0.39, 0.29) is 11.8 Å². The standard InChI is InChI=1S/C16H18N2O/c1-12(16(17)18)11-19-15-10-6-5-9-14(15)13-7-3-2-4-8-13/h2-10,12H,11H2,1H3,(H3,17,18). The number of hydrogen-bond acceptors (Lipinski definition) is 2. The maximum Gasteiger partial charge on any atom is 0.127 e. The Morgan fingerprint density at radius 1 is 1.11 bits per heavy atom. The van der Waals surface area contributed by atoms with Gasteiger partial charge in [0, 0.05) is 11.5 Å². The predicted octanol–water partition coefficient (Wildman–Crippen LogP) is 3.30. The van der Waals surface area contributed by atoms with Crippen LogP contribution in [-0.2, 0) is 0 Å². The average molecular weight is 254 g/mol. The minimum atomic E-state index is -0.0798. The summed E-state index contributed by atoms with van der Waals surface area (Å²) in [5.41, 5.74) is 7.63. The van der Waals surface area contributed by atoms with E-state index >= 15 is 0 Å². The first kappa shape index (κ1) is 13.1. The summed E-state index contributed by atoms with van der Waals surface area (Å²) in [7, 11) is 0. The molecule has 2 aromatic rings. The summed E-state index contributed by atoms with van der Waals surface area (Å²) >= 11 is 0. The molecule has 0 aliphatic rings. The van der Waals surface area contributed by atoms with Crippen LogP contribution in [0.5, 0.6) is 5.75 Å². The van der Waals surface area contributed by atoms with E-state index in [0.717, 1.165) is 16.9 Å². The molecule has 0 bridgehead atoms. The minimum absolute atomic E-state index is 0.0798. The highest BCUT2D eigenvalue weighted by Crippen LogP contribution is 2.29. The van der Waals surface area contributed by atoms with Gasteiger partial charge in [0.2, 0.25) is 0 Å². The lowest BCUT2D eigenvalue weighted by Crippen LogP contribution is -2.25. The smallest absolute Gasteiger partial charge is 0.127 e. The van der Waals surface area contributed by atoms with Crippen LogP contribution in [0, 0.1) is 11.3 Å². The normalized spacial score (nSPS) is 11.8. The van der Waals surface area contributed by atoms with Crippen molar-refractivity contribution in [3.8, 4) is 16.9 Å². The van der Waals surface area contributed by atoms with Crippen LogP contribution in [0.4, 0.5) is 0 Å². The van der Waals surface area contributed by atoms with Gasteiger partial charge in [-0.3, -0.25) is 5.41 Å². The van der Waals surface area contributed by atoms with Crippen molar-refractivity contribution in [2.24, 2.45) is 11.7 Å². The van der Waals surface area contributed by atoms with Crippen LogP contribution in [0.1, 0.15) is 6.92 Å². The van der Waals surface area contributed by atoms with E-state index in [9.17, 15) is 0 Å². The summed E-state index contributed by atoms with van der Waals surface area (Å²) in [5, 5.41) is 7.38. The van der Waals surface area contributed by atoms with Crippen LogP contribution >= 0.6 is 0 Å². The van der Waals surface area contributed by atoms with E-state index in [4.69, 9.17) is 15.9 Å². The van der Waals surface area contributed by atoms with Gasteiger partial charge < -0.3 is 10.5 Å². The molecule has 0 heterocycles. The van der Waals surface area contributed by atoms with Crippen LogP contribution in [-0.4, -0.2) is 12.4 Å². The molecule has 98 valence electrons. The molecule has 3 N–H and O–H groups in total. The molecule has 0 saturated carbocycles. The monoisotopic (exact) mass is 254 g/mol. The number of nitrogens with one attached hydrogen (secondary N) is 1. The summed E-state index contributed by atoms with van der Waals surface area (Å²) in [5.74, 6) is 0.892. The van der Waals surface area contributed by atoms with E-state index in [1.807, 2.05) is 49.4 Å². The van der Waals surface area contributed by atoms with Crippen molar-refractivity contribution in [3.63, 3.8) is 0 Å². The zero-order valence-corrected chi connectivity index (χ0v) is 11.0. The lowest BCUT2D eigenvalue weighted by Gasteiger charge is -2.14. The van der Waals surface area contributed by atoms with Gasteiger partial charge in [-0.25, -0.2) is 0 Å². The van der Waals surface area contributed by atoms with Crippen molar-refractivity contribution in [3.05, 3.63) is 54.6 Å². The number of para-hydroxylation sites is 1. The molecule has 0 aliphatic carbocycles. The molecule has 0 spiro atoms. The minimum Gasteiger partial charge on any atom is -0.492 e. The second kappa shape index (κ2) is 6.05. The summed E-state index contributed by atoms with van der Waals surface area (Å²) in [6, 6.07) is 18.0. The van der Waals surface area contributed by atoms with Gasteiger partial charge in [0.05, 0.1) is 12.4 Å². The Hall–Kier alpha value is -2.29. The topological polar surface area (TPSA) is 59.1 Å². The fourth-order valence-corrected chi connectivity index (χ4v) is 1.75. The van der Waals surface area contributed by atoms with Gasteiger partial charge in [-0.2, -0.15) is 0 Å². The molecule has 0 saturated heterocycles. The maximum atomic E-state index is 7.38. The fourth-order valence-electron chi connectivity index (χ4n) is 1.75. The zero-order chi connectivity index (χ0) is 13.7. The molecular formula is C16H18N2O. The van der Waals surface area contributed by atoms with Crippen molar-refractivity contribution in [1.82, 2.24) is 0 Å². The molecular weight excluding hydrogens is 236 g/mol. The zero-order valence-electron chi connectivity index (χ0n) is 11.0. The summed E-state index contributed by atoms with van der Waals surface area (Å²) in [6.07, 6.45) is 0. The lowest BCUT2D eigenvalue weighted by atomic mass is 10.0. The molecule has 0 radical (unpaired) electrons. The van der Waals surface area contributed by atoms with Crippen LogP contribution in [0.2, 0.25) is 0 Å². The molecule has 19 heavy (non-hydrogen) atoms. The number of benzene rings is 2. The van der Waals surface area contributed by atoms with Crippen molar-refractivity contribution >= 4 is 5.84 Å². The third-order valence-corrected chi connectivity index (χ3v) is 2.99. The Morgan fingerprint density at radius 3 is 2.42 bits per heavy atom. The molecule has 2 rings (SSSR count). The van der Waals surface area contributed by atoms with Crippen LogP contribution in [0.25, 0.3) is 11.1 Å². The average Bonchev–Trinajstić information content (AvgIpc) is 2.46. The van der Waals surface area contributed by atoms with Crippen molar-refractivity contribution < 1.29 is 4.74 Å². The van der Waals surface area contributed by atoms with Gasteiger partial charge in [-0.05, 0) is 11.6 Å². The van der Waals surface area contributed by atoms with Gasteiger partial charge >= 0.3 is 0 Å². The first-order valence-electron chi connectivity index (χ1n) is 6.29. The largest absolute Gasteiger partial charge is 0.492 e. The van der Waals surface area contributed by atoms with Gasteiger partial charge in [0.1, 0.15) is 5.75 Å². The van der Waals surface area contributed by atoms with Gasteiger partial charge in [-0.1, -0.05) is 55.5 Å². The van der Waals surface area contributed by atoms with Crippen LogP contribution in [0.15, 0.2) is 54.6 Å². The quantitative estimate of drug-likeness (QED) is 0.635. The van der Waals surface area contributed by atoms with E-state index in [2.05, 4.69) is 12.1 Å². The maximum absolute atomic E-state index is 7.38.